The first kappa shape index (κ1) is 15.2. The molecule has 0 heterocycles. The number of halogens is 6. The van der Waals surface area contributed by atoms with Crippen LogP contribution < -0.4 is 0 Å². The van der Waals surface area contributed by atoms with Gasteiger partial charge in [0.2, 0.25) is 5.82 Å². The van der Waals surface area contributed by atoms with Gasteiger partial charge in [-0.15, -0.1) is 0 Å². The van der Waals surface area contributed by atoms with Crippen LogP contribution in [0.4, 0.5) is 27.6 Å². The first-order valence-electron chi connectivity index (χ1n) is 5.20. The lowest BCUT2D eigenvalue weighted by molar-refractivity contribution is -0.384. The van der Waals surface area contributed by atoms with Crippen LogP contribution in [0.3, 0.4) is 0 Å². The summed E-state index contributed by atoms with van der Waals surface area (Å²) >= 11 is 5.55. The fraction of sp³-hybridized carbons (Fsp3) is 0. The monoisotopic (exact) mass is 323 g/mol. The summed E-state index contributed by atoms with van der Waals surface area (Å²) in [7, 11) is 0. The molecule has 2 aromatic rings. The Morgan fingerprint density at radius 2 is 1.33 bits per heavy atom. The van der Waals surface area contributed by atoms with Crippen LogP contribution in [0.5, 0.6) is 0 Å². The second-order valence-corrected chi connectivity index (χ2v) is 4.34. The van der Waals surface area contributed by atoms with Gasteiger partial charge in [0.15, 0.2) is 23.3 Å². The van der Waals surface area contributed by atoms with Crippen molar-refractivity contribution in [3.63, 3.8) is 0 Å². The van der Waals surface area contributed by atoms with E-state index >= 15 is 0 Å². The van der Waals surface area contributed by atoms with Crippen LogP contribution >= 0.6 is 11.6 Å². The lowest BCUT2D eigenvalue weighted by atomic mass is 10.0. The van der Waals surface area contributed by atoms with Crippen molar-refractivity contribution in [1.82, 2.24) is 0 Å². The predicted octanol–water partition coefficient (Wildman–Crippen LogP) is 4.61. The third kappa shape index (κ3) is 2.54. The van der Waals surface area contributed by atoms with Crippen molar-refractivity contribution in [2.75, 3.05) is 0 Å². The van der Waals surface area contributed by atoms with Crippen molar-refractivity contribution in [1.29, 1.82) is 0 Å². The van der Waals surface area contributed by atoms with E-state index in [1.165, 1.54) is 0 Å². The Hall–Kier alpha value is -2.22. The van der Waals surface area contributed by atoms with E-state index < -0.39 is 50.8 Å². The molecule has 0 aliphatic carbocycles. The van der Waals surface area contributed by atoms with E-state index in [0.29, 0.717) is 6.07 Å². The summed E-state index contributed by atoms with van der Waals surface area (Å²) in [6.45, 7) is 0. The molecular formula is C12H3ClF5NO2. The van der Waals surface area contributed by atoms with Crippen LogP contribution in [-0.2, 0) is 0 Å². The van der Waals surface area contributed by atoms with Gasteiger partial charge in [0, 0.05) is 17.2 Å². The van der Waals surface area contributed by atoms with Gasteiger partial charge in [0.05, 0.1) is 10.5 Å². The van der Waals surface area contributed by atoms with Gasteiger partial charge < -0.3 is 0 Å². The molecule has 9 heteroatoms. The minimum Gasteiger partial charge on any atom is -0.258 e. The van der Waals surface area contributed by atoms with E-state index in [1.54, 1.807) is 0 Å². The summed E-state index contributed by atoms with van der Waals surface area (Å²) in [6, 6.07) is 2.38. The average molecular weight is 324 g/mol. The van der Waals surface area contributed by atoms with Crippen molar-refractivity contribution < 1.29 is 26.9 Å². The van der Waals surface area contributed by atoms with Gasteiger partial charge in [-0.3, -0.25) is 10.1 Å². The molecule has 0 saturated carbocycles. The van der Waals surface area contributed by atoms with Crippen LogP contribution in [0.15, 0.2) is 18.2 Å². The molecule has 0 saturated heterocycles. The Labute approximate surface area is 118 Å². The smallest absolute Gasteiger partial charge is 0.258 e. The summed E-state index contributed by atoms with van der Waals surface area (Å²) in [5.74, 6) is -10.8. The van der Waals surface area contributed by atoms with Gasteiger partial charge in [-0.25, -0.2) is 22.0 Å². The lowest BCUT2D eigenvalue weighted by Crippen LogP contribution is -2.04. The van der Waals surface area contributed by atoms with Gasteiger partial charge in [0.1, 0.15) is 0 Å². The highest BCUT2D eigenvalue weighted by molar-refractivity contribution is 6.31. The van der Waals surface area contributed by atoms with Gasteiger partial charge in [-0.1, -0.05) is 11.6 Å². The van der Waals surface area contributed by atoms with Crippen molar-refractivity contribution in [3.8, 4) is 11.1 Å². The first-order chi connectivity index (χ1) is 9.73. The Balaban J connectivity index is 2.82. The van der Waals surface area contributed by atoms with E-state index in [1.807, 2.05) is 0 Å². The Morgan fingerprint density at radius 3 is 1.81 bits per heavy atom. The topological polar surface area (TPSA) is 43.1 Å². The quantitative estimate of drug-likeness (QED) is 0.266. The van der Waals surface area contributed by atoms with Gasteiger partial charge in [-0.05, 0) is 11.6 Å². The maximum Gasteiger partial charge on any atom is 0.271 e. The van der Waals surface area contributed by atoms with Crippen molar-refractivity contribution >= 4 is 17.3 Å². The summed E-state index contributed by atoms with van der Waals surface area (Å²) < 4.78 is 66.4. The van der Waals surface area contributed by atoms with Crippen LogP contribution in [0, 0.1) is 39.2 Å². The molecule has 2 rings (SSSR count). The van der Waals surface area contributed by atoms with Crippen molar-refractivity contribution in [3.05, 3.63) is 62.4 Å². The van der Waals surface area contributed by atoms with Crippen LogP contribution in [0.25, 0.3) is 11.1 Å². The van der Waals surface area contributed by atoms with Crippen LogP contribution in [0.2, 0.25) is 5.02 Å². The Bertz CT molecular complexity index is 737. The summed E-state index contributed by atoms with van der Waals surface area (Å²) in [5, 5.41) is 10.4. The predicted molar refractivity (Wildman–Crippen MR) is 63.3 cm³/mol. The number of benzene rings is 2. The third-order valence-electron chi connectivity index (χ3n) is 2.59. The van der Waals surface area contributed by atoms with Gasteiger partial charge >= 0.3 is 0 Å². The number of hydrogen-bond donors (Lipinski definition) is 0. The minimum absolute atomic E-state index is 0.289. The summed E-state index contributed by atoms with van der Waals surface area (Å²) in [6.07, 6.45) is 0. The highest BCUT2D eigenvalue weighted by Gasteiger charge is 2.27. The molecule has 0 atom stereocenters. The van der Waals surface area contributed by atoms with Gasteiger partial charge in [0.25, 0.3) is 5.69 Å². The van der Waals surface area contributed by atoms with E-state index in [9.17, 15) is 32.1 Å². The number of nitro benzene ring substituents is 1. The molecule has 0 radical (unpaired) electrons. The summed E-state index contributed by atoms with van der Waals surface area (Å²) in [5.41, 5.74) is -2.53. The van der Waals surface area contributed by atoms with E-state index in [-0.39, 0.29) is 5.02 Å². The number of nitro groups is 1. The highest BCUT2D eigenvalue weighted by atomic mass is 35.5. The molecule has 0 aliphatic heterocycles. The maximum absolute atomic E-state index is 13.6. The number of nitrogens with zero attached hydrogens (tertiary/aromatic N) is 1. The maximum atomic E-state index is 13.6. The molecule has 0 bridgehead atoms. The van der Waals surface area contributed by atoms with Crippen molar-refractivity contribution in [2.24, 2.45) is 0 Å². The summed E-state index contributed by atoms with van der Waals surface area (Å²) in [4.78, 5) is 9.73. The largest absolute Gasteiger partial charge is 0.271 e. The zero-order valence-electron chi connectivity index (χ0n) is 9.76. The minimum atomic E-state index is -2.31. The molecule has 0 amide bonds. The zero-order valence-corrected chi connectivity index (χ0v) is 10.5. The van der Waals surface area contributed by atoms with E-state index in [2.05, 4.69) is 0 Å². The molecule has 0 N–H and O–H groups in total. The second-order valence-electron chi connectivity index (χ2n) is 3.90. The number of non-ortho nitro benzene ring substituents is 1. The van der Waals surface area contributed by atoms with Crippen LogP contribution in [0.1, 0.15) is 0 Å². The molecule has 0 aliphatic rings. The second kappa shape index (κ2) is 5.28. The van der Waals surface area contributed by atoms with Gasteiger partial charge in [-0.2, -0.15) is 0 Å². The molecule has 0 aromatic heterocycles. The van der Waals surface area contributed by atoms with Crippen LogP contribution in [-0.4, -0.2) is 4.92 Å². The van der Waals surface area contributed by atoms with E-state index in [0.717, 1.165) is 12.1 Å². The molecule has 0 spiro atoms. The number of hydrogen-bond acceptors (Lipinski definition) is 2. The fourth-order valence-corrected chi connectivity index (χ4v) is 1.91. The third-order valence-corrected chi connectivity index (χ3v) is 2.81. The standard InChI is InChI=1S/C12H3ClF5NO2/c13-5-1-4(2-6(3-5)19(20)21)7-8(14)10(16)12(18)11(17)9(7)15/h1-3H. The molecule has 110 valence electrons. The highest BCUT2D eigenvalue weighted by Crippen LogP contribution is 2.34. The Morgan fingerprint density at radius 1 is 0.857 bits per heavy atom. The normalized spacial score (nSPS) is 10.8. The Kier molecular flexibility index (Phi) is 3.82. The van der Waals surface area contributed by atoms with Crippen molar-refractivity contribution in [2.45, 2.75) is 0 Å². The number of rotatable bonds is 2. The molecule has 3 nitrogen and oxygen atoms in total. The van der Waals surface area contributed by atoms with E-state index in [4.69, 9.17) is 11.6 Å². The molecule has 2 aromatic carbocycles. The fourth-order valence-electron chi connectivity index (χ4n) is 1.68. The molecule has 21 heavy (non-hydrogen) atoms. The zero-order chi connectivity index (χ0) is 15.9. The SMILES string of the molecule is O=[N+]([O-])c1cc(Cl)cc(-c2c(F)c(F)c(F)c(F)c2F)c1. The molecule has 0 fully saturated rings. The average Bonchev–Trinajstić information content (AvgIpc) is 2.42. The lowest BCUT2D eigenvalue weighted by Gasteiger charge is -2.08. The molecular weight excluding hydrogens is 321 g/mol. The molecule has 0 unspecified atom stereocenters. The first-order valence-corrected chi connectivity index (χ1v) is 5.58.